The number of ether oxygens (including phenoxy) is 1. The van der Waals surface area contributed by atoms with Crippen molar-refractivity contribution in [1.29, 1.82) is 0 Å². The van der Waals surface area contributed by atoms with Crippen LogP contribution in [0.4, 0.5) is 0 Å². The van der Waals surface area contributed by atoms with Crippen molar-refractivity contribution in [3.05, 3.63) is 24.3 Å². The summed E-state index contributed by atoms with van der Waals surface area (Å²) in [5.41, 5.74) is -0.407. The fraction of sp³-hybridized carbons (Fsp3) is 0.571. The Morgan fingerprint density at radius 2 is 1.95 bits per heavy atom. The lowest BCUT2D eigenvalue weighted by Crippen LogP contribution is -2.53. The summed E-state index contributed by atoms with van der Waals surface area (Å²) < 4.78 is 28.4. The Labute approximate surface area is 119 Å². The first-order valence-electron chi connectivity index (χ1n) is 6.64. The minimum atomic E-state index is -3.18. The van der Waals surface area contributed by atoms with E-state index in [4.69, 9.17) is 4.74 Å². The Morgan fingerprint density at radius 1 is 1.35 bits per heavy atom. The molecule has 0 aliphatic heterocycles. The predicted octanol–water partition coefficient (Wildman–Crippen LogP) is 0.829. The minimum absolute atomic E-state index is 0.0234. The number of sulfone groups is 1. The summed E-state index contributed by atoms with van der Waals surface area (Å²) in [6.07, 6.45) is 3.36. The maximum Gasteiger partial charge on any atom is 0.175 e. The minimum Gasteiger partial charge on any atom is -0.492 e. The maximum atomic E-state index is 11.4. The second-order valence-corrected chi connectivity index (χ2v) is 7.39. The molecule has 2 rings (SSSR count). The van der Waals surface area contributed by atoms with Gasteiger partial charge in [-0.1, -0.05) is 0 Å². The van der Waals surface area contributed by atoms with E-state index >= 15 is 0 Å². The SMILES string of the molecule is CNC(CO)(COc1ccc(S(C)(=O)=O)cc1)C1CC1. The van der Waals surface area contributed by atoms with Crippen LogP contribution >= 0.6 is 0 Å². The van der Waals surface area contributed by atoms with Gasteiger partial charge >= 0.3 is 0 Å². The van der Waals surface area contributed by atoms with Crippen molar-refractivity contribution in [2.75, 3.05) is 26.5 Å². The number of hydrogen-bond acceptors (Lipinski definition) is 5. The van der Waals surface area contributed by atoms with Gasteiger partial charge in [0.2, 0.25) is 0 Å². The van der Waals surface area contributed by atoms with Crippen molar-refractivity contribution < 1.29 is 18.3 Å². The average Bonchev–Trinajstić information content (AvgIpc) is 3.25. The van der Waals surface area contributed by atoms with Crippen LogP contribution in [0.15, 0.2) is 29.2 Å². The first-order valence-corrected chi connectivity index (χ1v) is 8.53. The predicted molar refractivity (Wildman–Crippen MR) is 76.6 cm³/mol. The van der Waals surface area contributed by atoms with Gasteiger partial charge in [0.15, 0.2) is 9.84 Å². The molecule has 0 radical (unpaired) electrons. The highest BCUT2D eigenvalue weighted by atomic mass is 32.2. The highest BCUT2D eigenvalue weighted by Gasteiger charge is 2.44. The quantitative estimate of drug-likeness (QED) is 0.780. The normalized spacial score (nSPS) is 18.6. The number of benzene rings is 1. The number of rotatable bonds is 7. The number of likely N-dealkylation sites (N-methyl/N-ethyl adjacent to an activating group) is 1. The summed E-state index contributed by atoms with van der Waals surface area (Å²) in [4.78, 5) is 0.272. The van der Waals surface area contributed by atoms with Gasteiger partial charge in [0, 0.05) is 6.26 Å². The molecule has 0 saturated heterocycles. The number of nitrogens with one attached hydrogen (secondary N) is 1. The van der Waals surface area contributed by atoms with Gasteiger partial charge in [-0.3, -0.25) is 0 Å². The molecule has 1 aliphatic rings. The zero-order valence-electron chi connectivity index (χ0n) is 11.8. The molecule has 1 aromatic rings. The topological polar surface area (TPSA) is 75.6 Å². The third-order valence-corrected chi connectivity index (χ3v) is 5.02. The van der Waals surface area contributed by atoms with Gasteiger partial charge in [0.1, 0.15) is 12.4 Å². The van der Waals surface area contributed by atoms with E-state index < -0.39 is 15.4 Å². The summed E-state index contributed by atoms with van der Waals surface area (Å²) in [5, 5.41) is 12.8. The second-order valence-electron chi connectivity index (χ2n) is 5.37. The summed E-state index contributed by atoms with van der Waals surface area (Å²) in [6.45, 7) is 0.387. The molecule has 1 aliphatic carbocycles. The molecule has 0 aromatic heterocycles. The molecule has 0 heterocycles. The monoisotopic (exact) mass is 299 g/mol. The zero-order chi connectivity index (χ0) is 14.8. The fourth-order valence-electron chi connectivity index (χ4n) is 2.28. The van der Waals surface area contributed by atoms with Crippen molar-refractivity contribution >= 4 is 9.84 Å². The van der Waals surface area contributed by atoms with Crippen LogP contribution in [0.25, 0.3) is 0 Å². The van der Waals surface area contributed by atoms with Gasteiger partial charge in [-0.15, -0.1) is 0 Å². The van der Waals surface area contributed by atoms with Crippen LogP contribution in [0.3, 0.4) is 0 Å². The van der Waals surface area contributed by atoms with Crippen molar-refractivity contribution in [3.8, 4) is 5.75 Å². The number of hydrogen-bond donors (Lipinski definition) is 2. The highest BCUT2D eigenvalue weighted by molar-refractivity contribution is 7.90. The van der Waals surface area contributed by atoms with Gasteiger partial charge in [-0.05, 0) is 50.1 Å². The van der Waals surface area contributed by atoms with Gasteiger partial charge in [-0.2, -0.15) is 0 Å². The Hall–Kier alpha value is -1.11. The smallest absolute Gasteiger partial charge is 0.175 e. The average molecular weight is 299 g/mol. The van der Waals surface area contributed by atoms with Gasteiger partial charge in [-0.25, -0.2) is 8.42 Å². The Balaban J connectivity index is 2.03. The first-order chi connectivity index (χ1) is 9.41. The van der Waals surface area contributed by atoms with Crippen LogP contribution in [0.2, 0.25) is 0 Å². The summed E-state index contributed by atoms with van der Waals surface area (Å²) in [5.74, 6) is 1.04. The van der Waals surface area contributed by atoms with Crippen LogP contribution in [0, 0.1) is 5.92 Å². The van der Waals surface area contributed by atoms with E-state index in [9.17, 15) is 13.5 Å². The molecule has 1 fully saturated rings. The molecule has 6 heteroatoms. The molecule has 1 aromatic carbocycles. The van der Waals surface area contributed by atoms with Crippen molar-refractivity contribution in [2.45, 2.75) is 23.3 Å². The molecular weight excluding hydrogens is 278 g/mol. The standard InChI is InChI=1S/C14H21NO4S/c1-15-14(9-16,11-3-4-11)10-19-12-5-7-13(8-6-12)20(2,17)18/h5-8,11,15-16H,3-4,9-10H2,1-2H3. The molecule has 112 valence electrons. The lowest BCUT2D eigenvalue weighted by Gasteiger charge is -2.31. The summed E-state index contributed by atoms with van der Waals surface area (Å²) >= 11 is 0. The van der Waals surface area contributed by atoms with Crippen LogP contribution in [-0.4, -0.2) is 45.6 Å². The number of aliphatic hydroxyl groups is 1. The van der Waals surface area contributed by atoms with Crippen molar-refractivity contribution in [2.24, 2.45) is 5.92 Å². The molecule has 5 nitrogen and oxygen atoms in total. The Bertz CT molecular complexity index is 545. The zero-order valence-corrected chi connectivity index (χ0v) is 12.6. The van der Waals surface area contributed by atoms with E-state index in [0.717, 1.165) is 12.8 Å². The molecule has 1 atom stereocenters. The molecule has 20 heavy (non-hydrogen) atoms. The second kappa shape index (κ2) is 5.71. The third-order valence-electron chi connectivity index (χ3n) is 3.89. The van der Waals surface area contributed by atoms with Gasteiger partial charge in [0.25, 0.3) is 0 Å². The Kier molecular flexibility index (Phi) is 4.36. The van der Waals surface area contributed by atoms with Gasteiger partial charge < -0.3 is 15.2 Å². The third kappa shape index (κ3) is 3.31. The molecule has 2 N–H and O–H groups in total. The maximum absolute atomic E-state index is 11.4. The molecule has 0 spiro atoms. The molecule has 0 bridgehead atoms. The van der Waals surface area contributed by atoms with Crippen LogP contribution in [-0.2, 0) is 9.84 Å². The van der Waals surface area contributed by atoms with E-state index in [1.165, 1.54) is 18.4 Å². The summed E-state index contributed by atoms with van der Waals surface area (Å²) in [7, 11) is -1.36. The van der Waals surface area contributed by atoms with Crippen LogP contribution < -0.4 is 10.1 Å². The molecule has 0 amide bonds. The van der Waals surface area contributed by atoms with E-state index in [1.54, 1.807) is 12.1 Å². The molecule has 1 saturated carbocycles. The molecule has 1 unspecified atom stereocenters. The van der Waals surface area contributed by atoms with Crippen LogP contribution in [0.1, 0.15) is 12.8 Å². The van der Waals surface area contributed by atoms with Crippen molar-refractivity contribution in [3.63, 3.8) is 0 Å². The molecular formula is C14H21NO4S. The van der Waals surface area contributed by atoms with E-state index in [2.05, 4.69) is 5.32 Å². The first kappa shape index (κ1) is 15.3. The van der Waals surface area contributed by atoms with E-state index in [-0.39, 0.29) is 11.5 Å². The van der Waals surface area contributed by atoms with Crippen molar-refractivity contribution in [1.82, 2.24) is 5.32 Å². The number of aliphatic hydroxyl groups excluding tert-OH is 1. The lowest BCUT2D eigenvalue weighted by molar-refractivity contribution is 0.0914. The summed E-state index contributed by atoms with van der Waals surface area (Å²) in [6, 6.07) is 6.34. The van der Waals surface area contributed by atoms with Gasteiger partial charge in [0.05, 0.1) is 17.0 Å². The Morgan fingerprint density at radius 3 is 2.35 bits per heavy atom. The largest absolute Gasteiger partial charge is 0.492 e. The van der Waals surface area contributed by atoms with Crippen LogP contribution in [0.5, 0.6) is 5.75 Å². The van der Waals surface area contributed by atoms with E-state index in [1.807, 2.05) is 7.05 Å². The highest BCUT2D eigenvalue weighted by Crippen LogP contribution is 2.39. The lowest BCUT2D eigenvalue weighted by atomic mass is 9.95. The van der Waals surface area contributed by atoms with E-state index in [0.29, 0.717) is 18.3 Å². The fourth-order valence-corrected chi connectivity index (χ4v) is 2.91.